The monoisotopic (exact) mass is 311 g/mol. The summed E-state index contributed by atoms with van der Waals surface area (Å²) in [6.45, 7) is 3.04. The van der Waals surface area contributed by atoms with Gasteiger partial charge in [0, 0.05) is 23.2 Å². The molecule has 0 aromatic heterocycles. The van der Waals surface area contributed by atoms with Crippen LogP contribution in [0.1, 0.15) is 5.56 Å². The molecule has 0 saturated heterocycles. The first-order valence-electron chi connectivity index (χ1n) is 5.79. The molecule has 0 heterocycles. The molecular weight excluding hydrogens is 294 g/mol. The zero-order valence-electron chi connectivity index (χ0n) is 10.7. The third kappa shape index (κ3) is 6.01. The Morgan fingerprint density at radius 1 is 1.33 bits per heavy atom. The zero-order valence-corrected chi connectivity index (χ0v) is 12.3. The molecule has 0 fully saturated rings. The number of hydrogen-bond acceptors (Lipinski definition) is 4. The summed E-state index contributed by atoms with van der Waals surface area (Å²) in [5, 5.41) is 12.1. The number of hydrogen-bond donors (Lipinski definition) is 1. The average molecular weight is 312 g/mol. The number of anilines is 1. The van der Waals surface area contributed by atoms with Gasteiger partial charge in [0.2, 0.25) is 0 Å². The van der Waals surface area contributed by atoms with Crippen LogP contribution in [0.5, 0.6) is 0 Å². The van der Waals surface area contributed by atoms with E-state index in [-0.39, 0.29) is 0 Å². The summed E-state index contributed by atoms with van der Waals surface area (Å²) in [5.41, 5.74) is 1.57. The van der Waals surface area contributed by atoms with Crippen molar-refractivity contribution in [3.63, 3.8) is 0 Å². The lowest BCUT2D eigenvalue weighted by molar-refractivity contribution is 0.126. The van der Waals surface area contributed by atoms with Crippen molar-refractivity contribution in [3.8, 4) is 6.07 Å². The van der Waals surface area contributed by atoms with E-state index < -0.39 is 0 Å². The number of rotatable bonds is 7. The molecule has 18 heavy (non-hydrogen) atoms. The maximum Gasteiger partial charge on any atom is 0.0992 e. The van der Waals surface area contributed by atoms with Crippen LogP contribution in [-0.4, -0.2) is 45.3 Å². The number of ether oxygens (including phenoxy) is 1. The summed E-state index contributed by atoms with van der Waals surface area (Å²) in [7, 11) is 4.04. The van der Waals surface area contributed by atoms with Crippen LogP contribution in [0.25, 0.3) is 0 Å². The first kappa shape index (κ1) is 15.0. The van der Waals surface area contributed by atoms with Crippen molar-refractivity contribution in [1.82, 2.24) is 4.90 Å². The van der Waals surface area contributed by atoms with E-state index in [9.17, 15) is 0 Å². The molecule has 5 heteroatoms. The number of nitrogens with zero attached hydrogens (tertiary/aromatic N) is 2. The fraction of sp³-hybridized carbons (Fsp3) is 0.462. The molecule has 4 nitrogen and oxygen atoms in total. The predicted molar refractivity (Wildman–Crippen MR) is 76.7 cm³/mol. The molecular formula is C13H18BrN3O. The maximum atomic E-state index is 8.85. The molecule has 0 aliphatic carbocycles. The molecule has 0 aliphatic rings. The predicted octanol–water partition coefficient (Wildman–Crippen LogP) is 2.31. The standard InChI is InChI=1S/C13H18BrN3O/c1-17(2)4-6-18-5-3-16-13-8-11(10-15)7-12(14)9-13/h7-9,16H,3-6H2,1-2H3. The van der Waals surface area contributed by atoms with Gasteiger partial charge < -0.3 is 15.0 Å². The highest BCUT2D eigenvalue weighted by atomic mass is 79.9. The summed E-state index contributed by atoms with van der Waals surface area (Å²) in [6.07, 6.45) is 0. The molecule has 0 unspecified atom stereocenters. The maximum absolute atomic E-state index is 8.85. The van der Waals surface area contributed by atoms with E-state index in [2.05, 4.69) is 32.2 Å². The van der Waals surface area contributed by atoms with Crippen molar-refractivity contribution in [2.75, 3.05) is 45.7 Å². The minimum Gasteiger partial charge on any atom is -0.383 e. The van der Waals surface area contributed by atoms with E-state index in [0.29, 0.717) is 12.2 Å². The smallest absolute Gasteiger partial charge is 0.0992 e. The summed E-state index contributed by atoms with van der Waals surface area (Å²) >= 11 is 3.38. The van der Waals surface area contributed by atoms with Crippen molar-refractivity contribution in [1.29, 1.82) is 5.26 Å². The van der Waals surface area contributed by atoms with Gasteiger partial charge in [-0.3, -0.25) is 0 Å². The summed E-state index contributed by atoms with van der Waals surface area (Å²) in [5.74, 6) is 0. The van der Waals surface area contributed by atoms with Gasteiger partial charge in [-0.1, -0.05) is 15.9 Å². The van der Waals surface area contributed by atoms with Crippen molar-refractivity contribution in [2.45, 2.75) is 0 Å². The lowest BCUT2D eigenvalue weighted by Crippen LogP contribution is -2.20. The normalized spacial score (nSPS) is 10.4. The molecule has 1 N–H and O–H groups in total. The third-order valence-corrected chi connectivity index (χ3v) is 2.74. The summed E-state index contributed by atoms with van der Waals surface area (Å²) in [6, 6.07) is 7.68. The zero-order chi connectivity index (χ0) is 13.4. The first-order chi connectivity index (χ1) is 8.61. The molecule has 0 radical (unpaired) electrons. The van der Waals surface area contributed by atoms with Gasteiger partial charge in [0.1, 0.15) is 0 Å². The lowest BCUT2D eigenvalue weighted by atomic mass is 10.2. The van der Waals surface area contributed by atoms with Crippen LogP contribution >= 0.6 is 15.9 Å². The van der Waals surface area contributed by atoms with Crippen molar-refractivity contribution in [2.24, 2.45) is 0 Å². The average Bonchev–Trinajstić information content (AvgIpc) is 2.32. The SMILES string of the molecule is CN(C)CCOCCNc1cc(Br)cc(C#N)c1. The van der Waals surface area contributed by atoms with E-state index in [1.165, 1.54) is 0 Å². The second-order valence-corrected chi connectivity index (χ2v) is 5.10. The summed E-state index contributed by atoms with van der Waals surface area (Å²) in [4.78, 5) is 2.08. The largest absolute Gasteiger partial charge is 0.383 e. The fourth-order valence-electron chi connectivity index (χ4n) is 1.37. The van der Waals surface area contributed by atoms with E-state index in [4.69, 9.17) is 10.00 Å². The number of halogens is 1. The Morgan fingerprint density at radius 2 is 2.11 bits per heavy atom. The molecule has 0 saturated carbocycles. The minimum atomic E-state index is 0.639. The Bertz CT molecular complexity index is 415. The Hall–Kier alpha value is -1.09. The fourth-order valence-corrected chi connectivity index (χ4v) is 1.87. The van der Waals surface area contributed by atoms with Crippen LogP contribution in [0, 0.1) is 11.3 Å². The summed E-state index contributed by atoms with van der Waals surface area (Å²) < 4.78 is 6.37. The van der Waals surface area contributed by atoms with E-state index in [1.54, 1.807) is 6.07 Å². The highest BCUT2D eigenvalue weighted by Crippen LogP contribution is 2.18. The number of likely N-dealkylation sites (N-methyl/N-ethyl adjacent to an activating group) is 1. The third-order valence-electron chi connectivity index (χ3n) is 2.29. The molecule has 1 rings (SSSR count). The van der Waals surface area contributed by atoms with Gasteiger partial charge >= 0.3 is 0 Å². The quantitative estimate of drug-likeness (QED) is 0.785. The van der Waals surface area contributed by atoms with Gasteiger partial charge in [0.05, 0.1) is 24.8 Å². The van der Waals surface area contributed by atoms with Crippen LogP contribution in [0.2, 0.25) is 0 Å². The van der Waals surface area contributed by atoms with Crippen LogP contribution in [0.4, 0.5) is 5.69 Å². The molecule has 0 atom stereocenters. The molecule has 98 valence electrons. The highest BCUT2D eigenvalue weighted by Gasteiger charge is 1.98. The van der Waals surface area contributed by atoms with Gasteiger partial charge in [-0.15, -0.1) is 0 Å². The van der Waals surface area contributed by atoms with Crippen molar-refractivity contribution < 1.29 is 4.74 Å². The van der Waals surface area contributed by atoms with Gasteiger partial charge in [-0.2, -0.15) is 5.26 Å². The molecule has 0 bridgehead atoms. The lowest BCUT2D eigenvalue weighted by Gasteiger charge is -2.11. The number of nitriles is 1. The van der Waals surface area contributed by atoms with Crippen molar-refractivity contribution in [3.05, 3.63) is 28.2 Å². The first-order valence-corrected chi connectivity index (χ1v) is 6.58. The Balaban J connectivity index is 2.27. The molecule has 0 amide bonds. The molecule has 0 aliphatic heterocycles. The molecule has 1 aromatic carbocycles. The Morgan fingerprint density at radius 3 is 2.78 bits per heavy atom. The highest BCUT2D eigenvalue weighted by molar-refractivity contribution is 9.10. The van der Waals surface area contributed by atoms with Gasteiger partial charge in [-0.05, 0) is 32.3 Å². The van der Waals surface area contributed by atoms with E-state index >= 15 is 0 Å². The van der Waals surface area contributed by atoms with Gasteiger partial charge in [0.25, 0.3) is 0 Å². The van der Waals surface area contributed by atoms with Gasteiger partial charge in [-0.25, -0.2) is 0 Å². The van der Waals surface area contributed by atoms with Crippen LogP contribution < -0.4 is 5.32 Å². The number of nitrogens with one attached hydrogen (secondary N) is 1. The van der Waals surface area contributed by atoms with Crippen molar-refractivity contribution >= 4 is 21.6 Å². The Kier molecular flexibility index (Phi) is 6.73. The van der Waals surface area contributed by atoms with E-state index in [1.807, 2.05) is 26.2 Å². The Labute approximate surface area is 117 Å². The number of benzene rings is 1. The second-order valence-electron chi connectivity index (χ2n) is 4.18. The second kappa shape index (κ2) is 8.09. The topological polar surface area (TPSA) is 48.3 Å². The molecule has 1 aromatic rings. The van der Waals surface area contributed by atoms with Gasteiger partial charge in [0.15, 0.2) is 0 Å². The van der Waals surface area contributed by atoms with Crippen LogP contribution in [0.3, 0.4) is 0 Å². The van der Waals surface area contributed by atoms with Crippen LogP contribution in [-0.2, 0) is 4.74 Å². The minimum absolute atomic E-state index is 0.639. The van der Waals surface area contributed by atoms with Crippen LogP contribution in [0.15, 0.2) is 22.7 Å². The molecule has 0 spiro atoms. The van der Waals surface area contributed by atoms with E-state index in [0.717, 1.165) is 29.9 Å².